The van der Waals surface area contributed by atoms with E-state index in [9.17, 15) is 18.0 Å². The third kappa shape index (κ3) is 4.15. The second kappa shape index (κ2) is 5.61. The molecule has 7 heteroatoms. The van der Waals surface area contributed by atoms with Gasteiger partial charge in [0.1, 0.15) is 11.5 Å². The average Bonchev–Trinajstić information content (AvgIpc) is 2.25. The summed E-state index contributed by atoms with van der Waals surface area (Å²) in [6.45, 7) is 1.91. The second-order valence-electron chi connectivity index (χ2n) is 3.17. The summed E-state index contributed by atoms with van der Waals surface area (Å²) in [5.74, 6) is -1.21. The van der Waals surface area contributed by atoms with Crippen molar-refractivity contribution in [2.45, 2.75) is 13.3 Å². The summed E-state index contributed by atoms with van der Waals surface area (Å²) < 4.78 is 49.5. The van der Waals surface area contributed by atoms with Crippen LogP contribution >= 0.6 is 0 Å². The molecule has 100 valence electrons. The summed E-state index contributed by atoms with van der Waals surface area (Å²) in [6, 6.07) is 3.25. The summed E-state index contributed by atoms with van der Waals surface area (Å²) in [5, 5.41) is 0. The van der Waals surface area contributed by atoms with Gasteiger partial charge in [-0.15, -0.1) is 13.2 Å². The standard InChI is InChI=1S/C11H11F3O4/c1-3-17-8-4-7(10(15)16-2)5-9(6-8)18-11(12,13)14/h4-6H,3H2,1-2H3. The Morgan fingerprint density at radius 3 is 2.33 bits per heavy atom. The lowest BCUT2D eigenvalue weighted by molar-refractivity contribution is -0.274. The number of ether oxygens (including phenoxy) is 3. The Morgan fingerprint density at radius 2 is 1.83 bits per heavy atom. The van der Waals surface area contributed by atoms with Crippen LogP contribution in [0.15, 0.2) is 18.2 Å². The maximum absolute atomic E-state index is 12.1. The molecule has 0 aliphatic heterocycles. The highest BCUT2D eigenvalue weighted by Crippen LogP contribution is 2.28. The highest BCUT2D eigenvalue weighted by atomic mass is 19.4. The topological polar surface area (TPSA) is 44.8 Å². The van der Waals surface area contributed by atoms with Crippen molar-refractivity contribution in [1.82, 2.24) is 0 Å². The fourth-order valence-corrected chi connectivity index (χ4v) is 1.25. The van der Waals surface area contributed by atoms with E-state index in [1.807, 2.05) is 0 Å². The van der Waals surface area contributed by atoms with Gasteiger partial charge in [0, 0.05) is 6.07 Å². The lowest BCUT2D eigenvalue weighted by Crippen LogP contribution is -2.17. The summed E-state index contributed by atoms with van der Waals surface area (Å²) in [5.41, 5.74) is -0.0808. The third-order valence-corrected chi connectivity index (χ3v) is 1.85. The van der Waals surface area contributed by atoms with Crippen LogP contribution in [0.3, 0.4) is 0 Å². The van der Waals surface area contributed by atoms with Crippen molar-refractivity contribution in [3.05, 3.63) is 23.8 Å². The van der Waals surface area contributed by atoms with Crippen LogP contribution in [0.2, 0.25) is 0 Å². The summed E-state index contributed by atoms with van der Waals surface area (Å²) in [4.78, 5) is 11.3. The van der Waals surface area contributed by atoms with Crippen LogP contribution in [-0.4, -0.2) is 26.0 Å². The summed E-state index contributed by atoms with van der Waals surface area (Å²) in [6.07, 6.45) is -4.84. The number of carbonyl (C=O) groups is 1. The van der Waals surface area contributed by atoms with E-state index in [0.717, 1.165) is 19.2 Å². The van der Waals surface area contributed by atoms with Crippen LogP contribution in [0.25, 0.3) is 0 Å². The molecule has 0 bridgehead atoms. The summed E-state index contributed by atoms with van der Waals surface area (Å²) >= 11 is 0. The number of carbonyl (C=O) groups excluding carboxylic acids is 1. The number of alkyl halides is 3. The fraction of sp³-hybridized carbons (Fsp3) is 0.364. The van der Waals surface area contributed by atoms with Crippen molar-refractivity contribution in [3.63, 3.8) is 0 Å². The number of benzene rings is 1. The molecule has 0 spiro atoms. The molecule has 0 N–H and O–H groups in total. The van der Waals surface area contributed by atoms with E-state index < -0.39 is 18.1 Å². The van der Waals surface area contributed by atoms with Gasteiger partial charge in [-0.25, -0.2) is 4.79 Å². The zero-order valence-corrected chi connectivity index (χ0v) is 9.71. The minimum Gasteiger partial charge on any atom is -0.494 e. The molecule has 0 saturated heterocycles. The number of esters is 1. The highest BCUT2D eigenvalue weighted by Gasteiger charge is 2.31. The average molecular weight is 264 g/mol. The number of halogens is 3. The van der Waals surface area contributed by atoms with Gasteiger partial charge in [-0.2, -0.15) is 0 Å². The molecular formula is C11H11F3O4. The highest BCUT2D eigenvalue weighted by molar-refractivity contribution is 5.90. The molecule has 0 saturated carbocycles. The lowest BCUT2D eigenvalue weighted by Gasteiger charge is -2.12. The molecule has 0 aliphatic rings. The first kappa shape index (κ1) is 14.1. The van der Waals surface area contributed by atoms with Crippen molar-refractivity contribution >= 4 is 5.97 Å². The van der Waals surface area contributed by atoms with E-state index in [4.69, 9.17) is 4.74 Å². The molecule has 0 unspecified atom stereocenters. The van der Waals surface area contributed by atoms with Crippen molar-refractivity contribution in [2.24, 2.45) is 0 Å². The van der Waals surface area contributed by atoms with E-state index in [2.05, 4.69) is 9.47 Å². The molecule has 1 rings (SSSR count). The predicted octanol–water partition coefficient (Wildman–Crippen LogP) is 2.77. The minimum absolute atomic E-state index is 0.0808. The second-order valence-corrected chi connectivity index (χ2v) is 3.17. The van der Waals surface area contributed by atoms with Gasteiger partial charge in [-0.05, 0) is 19.1 Å². The monoisotopic (exact) mass is 264 g/mol. The third-order valence-electron chi connectivity index (χ3n) is 1.85. The molecule has 0 radical (unpaired) electrons. The molecule has 1 aromatic rings. The Morgan fingerprint density at radius 1 is 1.22 bits per heavy atom. The molecule has 0 aliphatic carbocycles. The Kier molecular flexibility index (Phi) is 4.41. The van der Waals surface area contributed by atoms with E-state index in [1.165, 1.54) is 6.07 Å². The van der Waals surface area contributed by atoms with E-state index >= 15 is 0 Å². The number of hydrogen-bond acceptors (Lipinski definition) is 4. The van der Waals surface area contributed by atoms with Crippen molar-refractivity contribution in [1.29, 1.82) is 0 Å². The lowest BCUT2D eigenvalue weighted by atomic mass is 10.2. The Balaban J connectivity index is 3.09. The van der Waals surface area contributed by atoms with Gasteiger partial charge in [0.05, 0.1) is 19.3 Å². The van der Waals surface area contributed by atoms with Gasteiger partial charge < -0.3 is 14.2 Å². The largest absolute Gasteiger partial charge is 0.573 e. The zero-order valence-electron chi connectivity index (χ0n) is 9.71. The molecule has 1 aromatic carbocycles. The molecule has 0 fully saturated rings. The predicted molar refractivity (Wildman–Crippen MR) is 55.6 cm³/mol. The maximum Gasteiger partial charge on any atom is 0.573 e. The van der Waals surface area contributed by atoms with Crippen LogP contribution in [-0.2, 0) is 4.74 Å². The van der Waals surface area contributed by atoms with Crippen LogP contribution in [0, 0.1) is 0 Å². The van der Waals surface area contributed by atoms with E-state index in [1.54, 1.807) is 6.92 Å². The zero-order chi connectivity index (χ0) is 13.8. The van der Waals surface area contributed by atoms with Gasteiger partial charge >= 0.3 is 12.3 Å². The molecule has 0 amide bonds. The first-order valence-electron chi connectivity index (χ1n) is 4.97. The Labute approximate surface area is 101 Å². The van der Waals surface area contributed by atoms with Crippen LogP contribution in [0.4, 0.5) is 13.2 Å². The van der Waals surface area contributed by atoms with E-state index in [0.29, 0.717) is 0 Å². The summed E-state index contributed by atoms with van der Waals surface area (Å²) in [7, 11) is 1.12. The van der Waals surface area contributed by atoms with Crippen molar-refractivity contribution in [3.8, 4) is 11.5 Å². The minimum atomic E-state index is -4.84. The number of hydrogen-bond donors (Lipinski definition) is 0. The molecule has 4 nitrogen and oxygen atoms in total. The first-order chi connectivity index (χ1) is 8.35. The van der Waals surface area contributed by atoms with Gasteiger partial charge in [0.15, 0.2) is 0 Å². The Hall–Kier alpha value is -1.92. The van der Waals surface area contributed by atoms with Crippen molar-refractivity contribution in [2.75, 3.05) is 13.7 Å². The Bertz CT molecular complexity index is 429. The fourth-order valence-electron chi connectivity index (χ4n) is 1.25. The van der Waals surface area contributed by atoms with Crippen LogP contribution < -0.4 is 9.47 Å². The molecule has 0 heterocycles. The molecule has 0 atom stereocenters. The van der Waals surface area contributed by atoms with Gasteiger partial charge in [0.2, 0.25) is 0 Å². The van der Waals surface area contributed by atoms with Crippen LogP contribution in [0.5, 0.6) is 11.5 Å². The van der Waals surface area contributed by atoms with Gasteiger partial charge in [0.25, 0.3) is 0 Å². The van der Waals surface area contributed by atoms with E-state index in [-0.39, 0.29) is 17.9 Å². The van der Waals surface area contributed by atoms with Gasteiger partial charge in [-0.3, -0.25) is 0 Å². The molecule has 0 aromatic heterocycles. The number of rotatable bonds is 4. The normalized spacial score (nSPS) is 10.9. The van der Waals surface area contributed by atoms with Crippen LogP contribution in [0.1, 0.15) is 17.3 Å². The quantitative estimate of drug-likeness (QED) is 0.784. The first-order valence-corrected chi connectivity index (χ1v) is 4.97. The smallest absolute Gasteiger partial charge is 0.494 e. The van der Waals surface area contributed by atoms with Gasteiger partial charge in [-0.1, -0.05) is 0 Å². The molecular weight excluding hydrogens is 253 g/mol. The van der Waals surface area contributed by atoms with Crippen molar-refractivity contribution < 1.29 is 32.2 Å². The molecule has 18 heavy (non-hydrogen) atoms. The SMILES string of the molecule is CCOc1cc(OC(F)(F)F)cc(C(=O)OC)c1. The maximum atomic E-state index is 12.1. The number of methoxy groups -OCH3 is 1.